The van der Waals surface area contributed by atoms with Crippen molar-refractivity contribution in [1.29, 1.82) is 0 Å². The molecule has 0 bridgehead atoms. The highest BCUT2D eigenvalue weighted by molar-refractivity contribution is 5.53. The molecule has 2 rings (SSSR count). The minimum Gasteiger partial charge on any atom is -0.383 e. The van der Waals surface area contributed by atoms with Gasteiger partial charge >= 0.3 is 0 Å². The normalized spacial score (nSPS) is 11.2. The lowest BCUT2D eigenvalue weighted by Gasteiger charge is -1.99. The highest BCUT2D eigenvalue weighted by Gasteiger charge is 2.08. The van der Waals surface area contributed by atoms with Crippen LogP contribution in [0.15, 0.2) is 18.3 Å². The Kier molecular flexibility index (Phi) is 3.67. The van der Waals surface area contributed by atoms with Gasteiger partial charge in [-0.15, -0.1) is 0 Å². The van der Waals surface area contributed by atoms with E-state index in [1.54, 1.807) is 0 Å². The van der Waals surface area contributed by atoms with Crippen LogP contribution in [-0.2, 0) is 6.42 Å². The summed E-state index contributed by atoms with van der Waals surface area (Å²) < 4.78 is 1.97. The molecule has 17 heavy (non-hydrogen) atoms. The molecule has 2 heterocycles. The van der Waals surface area contributed by atoms with Gasteiger partial charge in [-0.3, -0.25) is 4.40 Å². The van der Waals surface area contributed by atoms with Gasteiger partial charge in [-0.25, -0.2) is 4.98 Å². The van der Waals surface area contributed by atoms with E-state index in [0.29, 0.717) is 0 Å². The van der Waals surface area contributed by atoms with Crippen molar-refractivity contribution in [3.63, 3.8) is 0 Å². The lowest BCUT2D eigenvalue weighted by atomic mass is 10.1. The summed E-state index contributed by atoms with van der Waals surface area (Å²) in [6.45, 7) is 4.30. The van der Waals surface area contributed by atoms with E-state index >= 15 is 0 Å². The molecule has 2 N–H and O–H groups in total. The van der Waals surface area contributed by atoms with E-state index in [2.05, 4.69) is 31.0 Å². The van der Waals surface area contributed by atoms with Gasteiger partial charge in [-0.05, 0) is 37.5 Å². The fraction of sp³-hybridized carbons (Fsp3) is 0.500. The predicted octanol–water partition coefficient (Wildman–Crippen LogP) is 3.35. The molecule has 0 aliphatic heterocycles. The third kappa shape index (κ3) is 2.60. The van der Waals surface area contributed by atoms with Crippen molar-refractivity contribution in [2.24, 2.45) is 0 Å². The predicted molar refractivity (Wildman–Crippen MR) is 72.2 cm³/mol. The summed E-state index contributed by atoms with van der Waals surface area (Å²) in [4.78, 5) is 4.61. The number of nitrogens with two attached hydrogens (primary N) is 1. The number of imidazole rings is 1. The molecule has 0 saturated heterocycles. The molecule has 0 spiro atoms. The first kappa shape index (κ1) is 12.0. The molecule has 0 aliphatic carbocycles. The monoisotopic (exact) mass is 231 g/mol. The van der Waals surface area contributed by atoms with Crippen molar-refractivity contribution in [2.45, 2.75) is 46.0 Å². The standard InChI is InChI=1S/C14H21N3/c1-3-4-5-6-7-12-14(15)17-9-8-11(2)10-13(17)16-12/h8-10H,3-7,15H2,1-2H3. The van der Waals surface area contributed by atoms with Gasteiger partial charge in [0.05, 0.1) is 5.69 Å². The quantitative estimate of drug-likeness (QED) is 0.802. The SMILES string of the molecule is CCCCCCc1nc2cc(C)ccn2c1N. The van der Waals surface area contributed by atoms with E-state index in [1.165, 1.54) is 31.2 Å². The highest BCUT2D eigenvalue weighted by Crippen LogP contribution is 2.18. The molecule has 0 aromatic carbocycles. The number of fused-ring (bicyclic) bond motifs is 1. The molecule has 3 heteroatoms. The van der Waals surface area contributed by atoms with E-state index in [-0.39, 0.29) is 0 Å². The molecular formula is C14H21N3. The molecule has 92 valence electrons. The minimum atomic E-state index is 0.802. The Morgan fingerprint density at radius 1 is 1.29 bits per heavy atom. The van der Waals surface area contributed by atoms with Gasteiger partial charge in [0.2, 0.25) is 0 Å². The number of aromatic nitrogens is 2. The summed E-state index contributed by atoms with van der Waals surface area (Å²) in [5, 5.41) is 0. The maximum absolute atomic E-state index is 6.10. The van der Waals surface area contributed by atoms with E-state index in [1.807, 2.05) is 10.6 Å². The minimum absolute atomic E-state index is 0.802. The molecule has 3 nitrogen and oxygen atoms in total. The Morgan fingerprint density at radius 2 is 2.12 bits per heavy atom. The number of unbranched alkanes of at least 4 members (excludes halogenated alkanes) is 3. The Labute approximate surface area is 103 Å². The van der Waals surface area contributed by atoms with Crippen molar-refractivity contribution in [3.05, 3.63) is 29.6 Å². The van der Waals surface area contributed by atoms with Gasteiger partial charge in [0.1, 0.15) is 11.5 Å². The van der Waals surface area contributed by atoms with Crippen LogP contribution in [0.1, 0.15) is 43.9 Å². The van der Waals surface area contributed by atoms with Gasteiger partial charge in [0.25, 0.3) is 0 Å². The van der Waals surface area contributed by atoms with Crippen LogP contribution in [0.25, 0.3) is 5.65 Å². The van der Waals surface area contributed by atoms with E-state index in [4.69, 9.17) is 5.73 Å². The van der Waals surface area contributed by atoms with Crippen LogP contribution >= 0.6 is 0 Å². The maximum Gasteiger partial charge on any atom is 0.138 e. The zero-order valence-electron chi connectivity index (χ0n) is 10.7. The van der Waals surface area contributed by atoms with Crippen LogP contribution in [0.3, 0.4) is 0 Å². The van der Waals surface area contributed by atoms with Gasteiger partial charge < -0.3 is 5.73 Å². The average Bonchev–Trinajstić information content (AvgIpc) is 2.61. The second-order valence-corrected chi connectivity index (χ2v) is 4.69. The molecule has 0 atom stereocenters. The van der Waals surface area contributed by atoms with Crippen molar-refractivity contribution in [2.75, 3.05) is 5.73 Å². The molecule has 2 aromatic rings. The molecule has 0 unspecified atom stereocenters. The molecule has 2 aromatic heterocycles. The first-order chi connectivity index (χ1) is 8.22. The molecule has 0 saturated carbocycles. The maximum atomic E-state index is 6.10. The fourth-order valence-corrected chi connectivity index (χ4v) is 2.12. The van der Waals surface area contributed by atoms with Crippen LogP contribution < -0.4 is 5.73 Å². The first-order valence-electron chi connectivity index (χ1n) is 6.45. The van der Waals surface area contributed by atoms with Gasteiger partial charge in [-0.2, -0.15) is 0 Å². The third-order valence-electron chi connectivity index (χ3n) is 3.16. The highest BCUT2D eigenvalue weighted by atomic mass is 15.1. The van der Waals surface area contributed by atoms with Gasteiger partial charge in [0, 0.05) is 6.20 Å². The van der Waals surface area contributed by atoms with E-state index in [9.17, 15) is 0 Å². The fourth-order valence-electron chi connectivity index (χ4n) is 2.12. The zero-order valence-corrected chi connectivity index (χ0v) is 10.7. The molecule has 0 aliphatic rings. The van der Waals surface area contributed by atoms with Gasteiger partial charge in [0.15, 0.2) is 0 Å². The second kappa shape index (κ2) is 5.21. The van der Waals surface area contributed by atoms with Crippen molar-refractivity contribution < 1.29 is 0 Å². The Morgan fingerprint density at radius 3 is 2.88 bits per heavy atom. The number of nitrogens with zero attached hydrogens (tertiary/aromatic N) is 2. The van der Waals surface area contributed by atoms with Gasteiger partial charge in [-0.1, -0.05) is 26.2 Å². The van der Waals surface area contributed by atoms with Crippen molar-refractivity contribution >= 4 is 11.5 Å². The summed E-state index contributed by atoms with van der Waals surface area (Å²) in [6, 6.07) is 4.14. The lowest BCUT2D eigenvalue weighted by molar-refractivity contribution is 0.663. The molecule has 0 fully saturated rings. The lowest BCUT2D eigenvalue weighted by Crippen LogP contribution is -1.96. The summed E-state index contributed by atoms with van der Waals surface area (Å²) in [5.41, 5.74) is 9.34. The number of hydrogen-bond acceptors (Lipinski definition) is 2. The Balaban J connectivity index is 2.15. The van der Waals surface area contributed by atoms with E-state index in [0.717, 1.165) is 23.6 Å². The summed E-state index contributed by atoms with van der Waals surface area (Å²) in [5.74, 6) is 0.802. The van der Waals surface area contributed by atoms with Crippen molar-refractivity contribution in [3.8, 4) is 0 Å². The first-order valence-corrected chi connectivity index (χ1v) is 6.45. The Bertz CT molecular complexity index is 499. The summed E-state index contributed by atoms with van der Waals surface area (Å²) in [7, 11) is 0. The summed E-state index contributed by atoms with van der Waals surface area (Å²) >= 11 is 0. The third-order valence-corrected chi connectivity index (χ3v) is 3.16. The molecular weight excluding hydrogens is 210 g/mol. The zero-order chi connectivity index (χ0) is 12.3. The number of hydrogen-bond donors (Lipinski definition) is 1. The number of rotatable bonds is 5. The smallest absolute Gasteiger partial charge is 0.138 e. The number of nitrogen functional groups attached to an aromatic ring is 1. The van der Waals surface area contributed by atoms with Crippen LogP contribution in [0.5, 0.6) is 0 Å². The van der Waals surface area contributed by atoms with Crippen LogP contribution in [0.4, 0.5) is 5.82 Å². The molecule has 0 amide bonds. The average molecular weight is 231 g/mol. The molecule has 0 radical (unpaired) electrons. The number of anilines is 1. The summed E-state index contributed by atoms with van der Waals surface area (Å²) in [6.07, 6.45) is 8.01. The number of aryl methyl sites for hydroxylation is 2. The largest absolute Gasteiger partial charge is 0.383 e. The Hall–Kier alpha value is -1.51. The van der Waals surface area contributed by atoms with Crippen LogP contribution in [-0.4, -0.2) is 9.38 Å². The van der Waals surface area contributed by atoms with Crippen LogP contribution in [0.2, 0.25) is 0 Å². The second-order valence-electron chi connectivity index (χ2n) is 4.69. The number of pyridine rings is 1. The van der Waals surface area contributed by atoms with E-state index < -0.39 is 0 Å². The van der Waals surface area contributed by atoms with Crippen molar-refractivity contribution in [1.82, 2.24) is 9.38 Å². The topological polar surface area (TPSA) is 43.3 Å². The van der Waals surface area contributed by atoms with Crippen LogP contribution in [0, 0.1) is 6.92 Å².